The van der Waals surface area contributed by atoms with E-state index in [0.29, 0.717) is 6.42 Å². The van der Waals surface area contributed by atoms with E-state index < -0.39 is 55.7 Å². The van der Waals surface area contributed by atoms with Crippen LogP contribution in [0.15, 0.2) is 24.4 Å². The molecule has 2 atom stereocenters. The summed E-state index contributed by atoms with van der Waals surface area (Å²) in [6.07, 6.45) is 3.37. The van der Waals surface area contributed by atoms with Crippen LogP contribution in [0.3, 0.4) is 0 Å². The second-order valence-electron chi connectivity index (χ2n) is 10.4. The molecule has 0 bridgehead atoms. The van der Waals surface area contributed by atoms with Gasteiger partial charge in [0.25, 0.3) is 0 Å². The molecule has 2 unspecified atom stereocenters. The van der Waals surface area contributed by atoms with Crippen LogP contribution in [0.25, 0.3) is 0 Å². The Kier molecular flexibility index (Phi) is 12.2. The van der Waals surface area contributed by atoms with Gasteiger partial charge in [0.05, 0.1) is 12.1 Å². The van der Waals surface area contributed by atoms with Crippen molar-refractivity contribution >= 4 is 49.7 Å². The Balaban J connectivity index is 6.12. The Bertz CT molecular complexity index is 561. The molecule has 0 aliphatic carbocycles. The zero-order valence-corrected chi connectivity index (χ0v) is 26.5. The molecular weight excluding hydrogens is 465 g/mol. The first kappa shape index (κ1) is 29.9. The van der Waals surface area contributed by atoms with Gasteiger partial charge in [0.15, 0.2) is 43.8 Å². The molecule has 0 radical (unpaired) electrons. The third-order valence-electron chi connectivity index (χ3n) is 3.36. The lowest BCUT2D eigenvalue weighted by molar-refractivity contribution is -0.299. The molecule has 0 rings (SSSR count). The van der Waals surface area contributed by atoms with Gasteiger partial charge >= 0.3 is 11.9 Å². The van der Waals surface area contributed by atoms with Crippen molar-refractivity contribution in [1.82, 2.24) is 0 Å². The highest BCUT2D eigenvalue weighted by molar-refractivity contribution is 6.71. The summed E-state index contributed by atoms with van der Waals surface area (Å²) in [5, 5.41) is 0. The molecule has 0 saturated heterocycles. The predicted octanol–water partition coefficient (Wildman–Crippen LogP) is 4.21. The van der Waals surface area contributed by atoms with E-state index in [1.165, 1.54) is 6.08 Å². The number of carbonyl (C=O) groups is 1. The van der Waals surface area contributed by atoms with E-state index in [1.807, 2.05) is 5.70 Å². The van der Waals surface area contributed by atoms with E-state index in [4.69, 9.17) is 22.1 Å². The third-order valence-corrected chi connectivity index (χ3v) is 10.9. The topological polar surface area (TPSA) is 63.2 Å². The SMILES string of the molecule is C=C[SiH](C)O[SiH2]C(CC(OC(=O)C=CC)(O[Si](C)(C)C)O[Si](C)(C)C)O[Si](C)(C)C. The van der Waals surface area contributed by atoms with Crippen molar-refractivity contribution in [1.29, 1.82) is 0 Å². The van der Waals surface area contributed by atoms with E-state index in [0.717, 1.165) is 0 Å². The number of esters is 1. The van der Waals surface area contributed by atoms with E-state index in [-0.39, 0.29) is 5.73 Å². The van der Waals surface area contributed by atoms with E-state index in [1.54, 1.807) is 13.0 Å². The maximum atomic E-state index is 12.5. The van der Waals surface area contributed by atoms with Gasteiger partial charge in [-0.25, -0.2) is 4.79 Å². The van der Waals surface area contributed by atoms with Crippen molar-refractivity contribution in [3.8, 4) is 0 Å². The second kappa shape index (κ2) is 12.2. The van der Waals surface area contributed by atoms with Crippen molar-refractivity contribution in [2.75, 3.05) is 0 Å². The summed E-state index contributed by atoms with van der Waals surface area (Å²) < 4.78 is 31.5. The van der Waals surface area contributed by atoms with E-state index >= 15 is 0 Å². The maximum Gasteiger partial charge on any atom is 0.334 e. The van der Waals surface area contributed by atoms with Crippen LogP contribution in [0.5, 0.6) is 0 Å². The number of rotatable bonds is 14. The Morgan fingerprint density at radius 2 is 1.53 bits per heavy atom. The fraction of sp³-hybridized carbons (Fsp3) is 0.737. The first-order valence-corrected chi connectivity index (χ1v) is 24.5. The van der Waals surface area contributed by atoms with Gasteiger partial charge in [0, 0.05) is 6.08 Å². The van der Waals surface area contributed by atoms with Crippen molar-refractivity contribution < 1.29 is 26.9 Å². The summed E-state index contributed by atoms with van der Waals surface area (Å²) in [6, 6.07) is 0. The highest BCUT2D eigenvalue weighted by atomic mass is 28.4. The minimum Gasteiger partial charge on any atom is -0.458 e. The van der Waals surface area contributed by atoms with Crippen LogP contribution in [0, 0.1) is 0 Å². The molecule has 30 heavy (non-hydrogen) atoms. The van der Waals surface area contributed by atoms with Gasteiger partial charge in [-0.05, 0) is 72.4 Å². The van der Waals surface area contributed by atoms with Gasteiger partial charge in [-0.15, -0.1) is 6.58 Å². The van der Waals surface area contributed by atoms with E-state index in [9.17, 15) is 4.79 Å². The highest BCUT2D eigenvalue weighted by Crippen LogP contribution is 2.32. The number of allylic oxidation sites excluding steroid dienone is 1. The molecule has 0 aromatic carbocycles. The van der Waals surface area contributed by atoms with Crippen LogP contribution < -0.4 is 0 Å². The van der Waals surface area contributed by atoms with Crippen molar-refractivity contribution in [2.24, 2.45) is 0 Å². The molecule has 0 aromatic heterocycles. The molecule has 0 spiro atoms. The molecular formula is C19H44O6Si5. The Morgan fingerprint density at radius 3 is 1.90 bits per heavy atom. The van der Waals surface area contributed by atoms with Crippen LogP contribution in [0.1, 0.15) is 13.3 Å². The van der Waals surface area contributed by atoms with Crippen molar-refractivity contribution in [3.05, 3.63) is 24.4 Å². The number of carbonyl (C=O) groups excluding carboxylic acids is 1. The minimum absolute atomic E-state index is 0.183. The smallest absolute Gasteiger partial charge is 0.334 e. The molecule has 176 valence electrons. The van der Waals surface area contributed by atoms with Crippen LogP contribution in [0.2, 0.25) is 65.5 Å². The summed E-state index contributed by atoms with van der Waals surface area (Å²) in [5.74, 6) is -1.94. The quantitative estimate of drug-likeness (QED) is 0.152. The van der Waals surface area contributed by atoms with Gasteiger partial charge in [-0.3, -0.25) is 0 Å². The summed E-state index contributed by atoms with van der Waals surface area (Å²) >= 11 is 0. The summed E-state index contributed by atoms with van der Waals surface area (Å²) in [7, 11) is -8.65. The summed E-state index contributed by atoms with van der Waals surface area (Å²) in [6.45, 7) is 26.6. The van der Waals surface area contributed by atoms with Gasteiger partial charge in [-0.2, -0.15) is 0 Å². The maximum absolute atomic E-state index is 12.5. The molecule has 0 aliphatic heterocycles. The van der Waals surface area contributed by atoms with Crippen molar-refractivity contribution in [3.63, 3.8) is 0 Å². The average molecular weight is 509 g/mol. The number of ether oxygens (including phenoxy) is 1. The molecule has 0 aliphatic rings. The van der Waals surface area contributed by atoms with Gasteiger partial charge in [-0.1, -0.05) is 11.8 Å². The Hall–Kier alpha value is -0.126. The normalized spacial score (nSPS) is 16.2. The molecule has 11 heteroatoms. The molecule has 0 aromatic rings. The van der Waals surface area contributed by atoms with Crippen LogP contribution >= 0.6 is 0 Å². The fourth-order valence-corrected chi connectivity index (χ4v) is 10.9. The lowest BCUT2D eigenvalue weighted by Gasteiger charge is -2.43. The Labute approximate surface area is 191 Å². The van der Waals surface area contributed by atoms with Gasteiger partial charge in [0.1, 0.15) is 0 Å². The fourth-order valence-electron chi connectivity index (χ4n) is 2.68. The van der Waals surface area contributed by atoms with E-state index in [2.05, 4.69) is 72.0 Å². The minimum atomic E-state index is -2.14. The largest absolute Gasteiger partial charge is 0.458 e. The van der Waals surface area contributed by atoms with Crippen LogP contribution in [-0.2, 0) is 26.9 Å². The first-order chi connectivity index (χ1) is 13.4. The lowest BCUT2D eigenvalue weighted by atomic mass is 10.4. The highest BCUT2D eigenvalue weighted by Gasteiger charge is 2.47. The average Bonchev–Trinajstić information content (AvgIpc) is 2.47. The predicted molar refractivity (Wildman–Crippen MR) is 138 cm³/mol. The van der Waals surface area contributed by atoms with Gasteiger partial charge < -0.3 is 22.1 Å². The van der Waals surface area contributed by atoms with Crippen LogP contribution in [-0.4, -0.2) is 61.4 Å². The monoisotopic (exact) mass is 508 g/mol. The summed E-state index contributed by atoms with van der Waals surface area (Å²) in [5.41, 5.74) is 1.73. The first-order valence-electron chi connectivity index (χ1n) is 10.6. The Morgan fingerprint density at radius 1 is 1.03 bits per heavy atom. The number of hydrogen-bond donors (Lipinski definition) is 0. The van der Waals surface area contributed by atoms with Gasteiger partial charge in [0.2, 0.25) is 0 Å². The van der Waals surface area contributed by atoms with Crippen LogP contribution in [0.4, 0.5) is 0 Å². The standard InChI is InChI=1S/C19H44O6Si5/c1-13-15-17(20)21-19(23-29(7,8)9,24-30(10,11)12)16-18(22-28(4,5)6)26-25-27(3)14-2/h13-15,18,27H,2,16,26H2,1,3-12H3. The molecule has 0 saturated carbocycles. The number of hydrogen-bond acceptors (Lipinski definition) is 6. The molecule has 0 heterocycles. The third kappa shape index (κ3) is 14.8. The molecule has 0 N–H and O–H groups in total. The van der Waals surface area contributed by atoms with Crippen molar-refractivity contribution in [2.45, 2.75) is 90.5 Å². The molecule has 0 amide bonds. The zero-order valence-electron chi connectivity index (χ0n) is 21.0. The summed E-state index contributed by atoms with van der Waals surface area (Å²) in [4.78, 5) is 12.5. The second-order valence-corrected chi connectivity index (χ2v) is 28.1. The molecule has 0 fully saturated rings. The molecule has 6 nitrogen and oxygen atoms in total. The zero-order chi connectivity index (χ0) is 23.8. The lowest BCUT2D eigenvalue weighted by Crippen LogP contribution is -2.56.